The molecule has 1 N–H and O–H groups in total. The molecule has 1 amide bonds. The monoisotopic (exact) mass is 279 g/mol. The van der Waals surface area contributed by atoms with E-state index in [0.717, 1.165) is 28.0 Å². The molecule has 0 spiro atoms. The van der Waals surface area contributed by atoms with Crippen LogP contribution >= 0.6 is 0 Å². The van der Waals surface area contributed by atoms with Crippen LogP contribution in [0, 0.1) is 5.92 Å². The van der Waals surface area contributed by atoms with Gasteiger partial charge in [-0.05, 0) is 36.4 Å². The largest absolute Gasteiger partial charge is 0.456 e. The Morgan fingerprint density at radius 2 is 1.76 bits per heavy atom. The van der Waals surface area contributed by atoms with E-state index in [1.165, 1.54) is 0 Å². The number of fused-ring (bicyclic) bond motifs is 1. The van der Waals surface area contributed by atoms with Crippen molar-refractivity contribution in [1.29, 1.82) is 0 Å². The molecule has 1 aromatic heterocycles. The predicted octanol–water partition coefficient (Wildman–Crippen LogP) is 4.69. The maximum Gasteiger partial charge on any atom is 0.226 e. The molecule has 0 radical (unpaired) electrons. The number of carbonyl (C=O) groups is 1. The van der Waals surface area contributed by atoms with E-state index in [1.54, 1.807) is 0 Å². The van der Waals surface area contributed by atoms with Crippen LogP contribution in [0.5, 0.6) is 0 Å². The van der Waals surface area contributed by atoms with Crippen LogP contribution in [0.2, 0.25) is 0 Å². The minimum atomic E-state index is -0.0277. The second-order valence-electron chi connectivity index (χ2n) is 5.37. The normalized spacial score (nSPS) is 11.0. The summed E-state index contributed by atoms with van der Waals surface area (Å²) in [7, 11) is 0. The Labute approximate surface area is 123 Å². The Bertz CT molecular complexity index is 736. The smallest absolute Gasteiger partial charge is 0.226 e. The molecule has 0 atom stereocenters. The summed E-state index contributed by atoms with van der Waals surface area (Å²) >= 11 is 0. The van der Waals surface area contributed by atoms with Crippen LogP contribution < -0.4 is 5.32 Å². The van der Waals surface area contributed by atoms with Gasteiger partial charge in [0.1, 0.15) is 11.3 Å². The molecular weight excluding hydrogens is 262 g/mol. The van der Waals surface area contributed by atoms with Crippen molar-refractivity contribution in [3.8, 4) is 11.3 Å². The minimum absolute atomic E-state index is 0.0199. The number of nitrogens with one attached hydrogen (secondary N) is 1. The highest BCUT2D eigenvalue weighted by atomic mass is 16.3. The number of para-hydroxylation sites is 1. The second-order valence-corrected chi connectivity index (χ2v) is 5.37. The standard InChI is InChI=1S/C18H17NO2/c1-12(2)18(20)19-15-9-7-13(8-10-15)17-11-14-5-3-4-6-16(14)21-17/h3-12H,1-2H3,(H,19,20). The van der Waals surface area contributed by atoms with Gasteiger partial charge in [0, 0.05) is 22.6 Å². The molecule has 0 bridgehead atoms. The summed E-state index contributed by atoms with van der Waals surface area (Å²) in [4.78, 5) is 11.7. The third kappa shape index (κ3) is 2.82. The van der Waals surface area contributed by atoms with E-state index in [1.807, 2.05) is 68.4 Å². The number of furan rings is 1. The summed E-state index contributed by atoms with van der Waals surface area (Å²) in [5.41, 5.74) is 2.67. The molecule has 0 unspecified atom stereocenters. The van der Waals surface area contributed by atoms with Crippen LogP contribution in [0.25, 0.3) is 22.3 Å². The lowest BCUT2D eigenvalue weighted by atomic mass is 10.1. The van der Waals surface area contributed by atoms with Crippen molar-refractivity contribution in [2.24, 2.45) is 5.92 Å². The molecule has 2 aromatic carbocycles. The van der Waals surface area contributed by atoms with E-state index >= 15 is 0 Å². The average Bonchev–Trinajstić information content (AvgIpc) is 2.91. The fourth-order valence-corrected chi connectivity index (χ4v) is 2.13. The molecule has 1 heterocycles. The fraction of sp³-hybridized carbons (Fsp3) is 0.167. The van der Waals surface area contributed by atoms with Crippen molar-refractivity contribution < 1.29 is 9.21 Å². The van der Waals surface area contributed by atoms with E-state index in [9.17, 15) is 4.79 Å². The Kier molecular flexibility index (Phi) is 3.48. The van der Waals surface area contributed by atoms with Crippen molar-refractivity contribution >= 4 is 22.6 Å². The molecular formula is C18H17NO2. The Morgan fingerprint density at radius 1 is 1.05 bits per heavy atom. The number of carbonyl (C=O) groups excluding carboxylic acids is 1. The molecule has 21 heavy (non-hydrogen) atoms. The zero-order valence-corrected chi connectivity index (χ0v) is 12.1. The average molecular weight is 279 g/mol. The van der Waals surface area contributed by atoms with Gasteiger partial charge < -0.3 is 9.73 Å². The minimum Gasteiger partial charge on any atom is -0.456 e. The second kappa shape index (κ2) is 5.44. The summed E-state index contributed by atoms with van der Waals surface area (Å²) in [5.74, 6) is 0.824. The molecule has 0 saturated carbocycles. The summed E-state index contributed by atoms with van der Waals surface area (Å²) in [6.45, 7) is 3.75. The lowest BCUT2D eigenvalue weighted by Gasteiger charge is -2.07. The van der Waals surface area contributed by atoms with Gasteiger partial charge in [0.15, 0.2) is 0 Å². The Balaban J connectivity index is 1.85. The van der Waals surface area contributed by atoms with Crippen molar-refractivity contribution in [1.82, 2.24) is 0 Å². The summed E-state index contributed by atoms with van der Waals surface area (Å²) in [6.07, 6.45) is 0. The van der Waals surface area contributed by atoms with Crippen molar-refractivity contribution in [2.75, 3.05) is 5.32 Å². The van der Waals surface area contributed by atoms with E-state index in [0.29, 0.717) is 0 Å². The highest BCUT2D eigenvalue weighted by Gasteiger charge is 2.08. The number of hydrogen-bond donors (Lipinski definition) is 1. The van der Waals surface area contributed by atoms with Crippen LogP contribution in [-0.4, -0.2) is 5.91 Å². The lowest BCUT2D eigenvalue weighted by Crippen LogP contribution is -2.17. The molecule has 0 aliphatic rings. The van der Waals surface area contributed by atoms with Gasteiger partial charge in [-0.15, -0.1) is 0 Å². The topological polar surface area (TPSA) is 42.2 Å². The van der Waals surface area contributed by atoms with Gasteiger partial charge in [-0.25, -0.2) is 0 Å². The first-order valence-corrected chi connectivity index (χ1v) is 7.03. The van der Waals surface area contributed by atoms with Crippen LogP contribution in [-0.2, 0) is 4.79 Å². The van der Waals surface area contributed by atoms with E-state index < -0.39 is 0 Å². The Hall–Kier alpha value is -2.55. The van der Waals surface area contributed by atoms with Gasteiger partial charge in [-0.3, -0.25) is 4.79 Å². The fourth-order valence-electron chi connectivity index (χ4n) is 2.13. The van der Waals surface area contributed by atoms with Gasteiger partial charge in [-0.2, -0.15) is 0 Å². The van der Waals surface area contributed by atoms with Gasteiger partial charge in [0.05, 0.1) is 0 Å². The number of benzene rings is 2. The number of hydrogen-bond acceptors (Lipinski definition) is 2. The highest BCUT2D eigenvalue weighted by molar-refractivity contribution is 5.92. The zero-order chi connectivity index (χ0) is 14.8. The number of rotatable bonds is 3. The van der Waals surface area contributed by atoms with Gasteiger partial charge in [0.25, 0.3) is 0 Å². The van der Waals surface area contributed by atoms with Gasteiger partial charge >= 0.3 is 0 Å². The molecule has 3 rings (SSSR count). The van der Waals surface area contributed by atoms with Gasteiger partial charge in [-0.1, -0.05) is 32.0 Å². The van der Waals surface area contributed by atoms with E-state index in [2.05, 4.69) is 5.32 Å². The van der Waals surface area contributed by atoms with Crippen LogP contribution in [0.3, 0.4) is 0 Å². The molecule has 3 nitrogen and oxygen atoms in total. The van der Waals surface area contributed by atoms with Crippen molar-refractivity contribution in [2.45, 2.75) is 13.8 Å². The highest BCUT2D eigenvalue weighted by Crippen LogP contribution is 2.28. The molecule has 106 valence electrons. The number of amides is 1. The third-order valence-corrected chi connectivity index (χ3v) is 3.39. The Morgan fingerprint density at radius 3 is 2.43 bits per heavy atom. The zero-order valence-electron chi connectivity index (χ0n) is 12.1. The SMILES string of the molecule is CC(C)C(=O)Nc1ccc(-c2cc3ccccc3o2)cc1. The molecule has 0 aliphatic carbocycles. The lowest BCUT2D eigenvalue weighted by molar-refractivity contribution is -0.118. The summed E-state index contributed by atoms with van der Waals surface area (Å²) < 4.78 is 5.83. The maximum absolute atomic E-state index is 11.7. The first-order valence-electron chi connectivity index (χ1n) is 7.03. The first-order chi connectivity index (χ1) is 10.1. The maximum atomic E-state index is 11.7. The summed E-state index contributed by atoms with van der Waals surface area (Å²) in [5, 5.41) is 3.96. The van der Waals surface area contributed by atoms with E-state index in [-0.39, 0.29) is 11.8 Å². The van der Waals surface area contributed by atoms with Crippen LogP contribution in [0.15, 0.2) is 59.0 Å². The first kappa shape index (κ1) is 13.4. The van der Waals surface area contributed by atoms with Crippen LogP contribution in [0.1, 0.15) is 13.8 Å². The molecule has 3 heteroatoms. The molecule has 0 saturated heterocycles. The van der Waals surface area contributed by atoms with E-state index in [4.69, 9.17) is 4.42 Å². The predicted molar refractivity (Wildman–Crippen MR) is 85.1 cm³/mol. The molecule has 3 aromatic rings. The quantitative estimate of drug-likeness (QED) is 0.755. The molecule has 0 aliphatic heterocycles. The summed E-state index contributed by atoms with van der Waals surface area (Å²) in [6, 6.07) is 17.6. The number of anilines is 1. The molecule has 0 fully saturated rings. The third-order valence-electron chi connectivity index (χ3n) is 3.39. The van der Waals surface area contributed by atoms with Crippen molar-refractivity contribution in [3.05, 3.63) is 54.6 Å². The van der Waals surface area contributed by atoms with Crippen LogP contribution in [0.4, 0.5) is 5.69 Å². The van der Waals surface area contributed by atoms with Gasteiger partial charge in [0.2, 0.25) is 5.91 Å². The van der Waals surface area contributed by atoms with Crippen molar-refractivity contribution in [3.63, 3.8) is 0 Å².